The number of nitrogens with zero attached hydrogens (tertiary/aromatic N) is 2. The van der Waals surface area contributed by atoms with Crippen LogP contribution in [0.3, 0.4) is 0 Å². The van der Waals surface area contributed by atoms with Gasteiger partial charge < -0.3 is 9.84 Å². The Morgan fingerprint density at radius 1 is 1.50 bits per heavy atom. The van der Waals surface area contributed by atoms with E-state index in [2.05, 4.69) is 36.2 Å². The Balaban J connectivity index is 1.74. The highest BCUT2D eigenvalue weighted by Gasteiger charge is 2.36. The van der Waals surface area contributed by atoms with E-state index in [0.29, 0.717) is 11.5 Å². The van der Waals surface area contributed by atoms with Crippen LogP contribution in [0.4, 0.5) is 0 Å². The van der Waals surface area contributed by atoms with Gasteiger partial charge in [-0.1, -0.05) is 25.9 Å². The first-order chi connectivity index (χ1) is 7.57. The van der Waals surface area contributed by atoms with Gasteiger partial charge in [0.25, 0.3) is 0 Å². The molecular formula is C12H21N3O. The van der Waals surface area contributed by atoms with Gasteiger partial charge in [0.15, 0.2) is 6.33 Å². The predicted molar refractivity (Wildman–Crippen MR) is 62.0 cm³/mol. The normalized spacial score (nSPS) is 28.4. The molecule has 2 unspecified atom stereocenters. The lowest BCUT2D eigenvalue weighted by molar-refractivity contribution is 0.355. The van der Waals surface area contributed by atoms with E-state index in [-0.39, 0.29) is 0 Å². The zero-order valence-electron chi connectivity index (χ0n) is 10.4. The summed E-state index contributed by atoms with van der Waals surface area (Å²) in [6.45, 7) is 7.96. The minimum Gasteiger partial charge on any atom is -0.340 e. The molecule has 0 aliphatic heterocycles. The van der Waals surface area contributed by atoms with Crippen molar-refractivity contribution in [2.24, 2.45) is 11.3 Å². The Labute approximate surface area is 96.8 Å². The van der Waals surface area contributed by atoms with E-state index < -0.39 is 0 Å². The van der Waals surface area contributed by atoms with Crippen molar-refractivity contribution in [3.05, 3.63) is 12.2 Å². The summed E-state index contributed by atoms with van der Waals surface area (Å²) in [5.74, 6) is 1.48. The third kappa shape index (κ3) is 2.82. The SMILES string of the molecule is CC1CC(C)(C)CC1NCCc1ncno1. The van der Waals surface area contributed by atoms with Gasteiger partial charge in [0, 0.05) is 19.0 Å². The fourth-order valence-electron chi connectivity index (χ4n) is 2.84. The van der Waals surface area contributed by atoms with Gasteiger partial charge in [-0.05, 0) is 24.2 Å². The predicted octanol–water partition coefficient (Wildman–Crippen LogP) is 2.03. The van der Waals surface area contributed by atoms with Gasteiger partial charge in [0.1, 0.15) is 0 Å². The fourth-order valence-corrected chi connectivity index (χ4v) is 2.84. The molecule has 90 valence electrons. The summed E-state index contributed by atoms with van der Waals surface area (Å²) in [6.07, 6.45) is 4.85. The molecule has 0 radical (unpaired) electrons. The largest absolute Gasteiger partial charge is 0.340 e. The van der Waals surface area contributed by atoms with Crippen molar-refractivity contribution in [3.8, 4) is 0 Å². The number of hydrogen-bond donors (Lipinski definition) is 1. The van der Waals surface area contributed by atoms with Crippen molar-refractivity contribution >= 4 is 0 Å². The van der Waals surface area contributed by atoms with Crippen molar-refractivity contribution in [2.45, 2.75) is 46.1 Å². The molecule has 1 aromatic rings. The van der Waals surface area contributed by atoms with E-state index in [1.54, 1.807) is 0 Å². The third-order valence-electron chi connectivity index (χ3n) is 3.49. The molecule has 4 heteroatoms. The van der Waals surface area contributed by atoms with Crippen molar-refractivity contribution in [1.82, 2.24) is 15.5 Å². The molecule has 2 rings (SSSR count). The maximum absolute atomic E-state index is 4.96. The maximum Gasteiger partial charge on any atom is 0.227 e. The number of nitrogens with one attached hydrogen (secondary N) is 1. The second-order valence-electron chi connectivity index (χ2n) is 5.70. The van der Waals surface area contributed by atoms with Crippen molar-refractivity contribution in [1.29, 1.82) is 0 Å². The molecule has 0 saturated heterocycles. The molecule has 1 N–H and O–H groups in total. The fraction of sp³-hybridized carbons (Fsp3) is 0.833. The molecule has 1 heterocycles. The second-order valence-corrected chi connectivity index (χ2v) is 5.70. The number of hydrogen-bond acceptors (Lipinski definition) is 4. The van der Waals surface area contributed by atoms with E-state index in [0.717, 1.165) is 24.8 Å². The molecule has 0 amide bonds. The number of aromatic nitrogens is 2. The Morgan fingerprint density at radius 2 is 2.31 bits per heavy atom. The Hall–Kier alpha value is -0.900. The van der Waals surface area contributed by atoms with E-state index in [4.69, 9.17) is 4.52 Å². The molecule has 1 saturated carbocycles. The van der Waals surface area contributed by atoms with Crippen LogP contribution in [0, 0.1) is 11.3 Å². The quantitative estimate of drug-likeness (QED) is 0.848. The van der Waals surface area contributed by atoms with Gasteiger partial charge in [-0.3, -0.25) is 0 Å². The van der Waals surface area contributed by atoms with Gasteiger partial charge in [0.2, 0.25) is 5.89 Å². The summed E-state index contributed by atoms with van der Waals surface area (Å²) in [6, 6.07) is 0.637. The zero-order chi connectivity index (χ0) is 11.6. The maximum atomic E-state index is 4.96. The van der Waals surface area contributed by atoms with Crippen LogP contribution in [-0.2, 0) is 6.42 Å². The van der Waals surface area contributed by atoms with Gasteiger partial charge >= 0.3 is 0 Å². The Bertz CT molecular complexity index is 321. The van der Waals surface area contributed by atoms with Crippen LogP contribution in [0.15, 0.2) is 10.9 Å². The minimum absolute atomic E-state index is 0.488. The summed E-state index contributed by atoms with van der Waals surface area (Å²) in [7, 11) is 0. The first kappa shape index (κ1) is 11.6. The summed E-state index contributed by atoms with van der Waals surface area (Å²) in [4.78, 5) is 4.01. The molecular weight excluding hydrogens is 202 g/mol. The summed E-state index contributed by atoms with van der Waals surface area (Å²) in [5, 5.41) is 7.19. The molecule has 4 nitrogen and oxygen atoms in total. The van der Waals surface area contributed by atoms with Crippen molar-refractivity contribution in [3.63, 3.8) is 0 Å². The second kappa shape index (κ2) is 4.53. The van der Waals surface area contributed by atoms with E-state index in [9.17, 15) is 0 Å². The summed E-state index contributed by atoms with van der Waals surface area (Å²) in [5.41, 5.74) is 0.488. The highest BCUT2D eigenvalue weighted by Crippen LogP contribution is 2.40. The van der Waals surface area contributed by atoms with Crippen LogP contribution >= 0.6 is 0 Å². The van der Waals surface area contributed by atoms with E-state index in [1.807, 2.05) is 0 Å². The molecule has 0 spiro atoms. The van der Waals surface area contributed by atoms with Gasteiger partial charge in [-0.2, -0.15) is 4.98 Å². The highest BCUT2D eigenvalue weighted by molar-refractivity contribution is 4.91. The molecule has 16 heavy (non-hydrogen) atoms. The van der Waals surface area contributed by atoms with Crippen molar-refractivity contribution in [2.75, 3.05) is 6.54 Å². The van der Waals surface area contributed by atoms with Crippen LogP contribution in [-0.4, -0.2) is 22.7 Å². The molecule has 1 fully saturated rings. The molecule has 1 aliphatic carbocycles. The van der Waals surface area contributed by atoms with Crippen LogP contribution < -0.4 is 5.32 Å². The zero-order valence-corrected chi connectivity index (χ0v) is 10.4. The van der Waals surface area contributed by atoms with Crippen LogP contribution in [0.2, 0.25) is 0 Å². The monoisotopic (exact) mass is 223 g/mol. The standard InChI is InChI=1S/C12H21N3O/c1-9-6-12(2,3)7-10(9)13-5-4-11-14-8-15-16-11/h8-10,13H,4-7H2,1-3H3. The average molecular weight is 223 g/mol. The highest BCUT2D eigenvalue weighted by atomic mass is 16.5. The van der Waals surface area contributed by atoms with Crippen molar-refractivity contribution < 1.29 is 4.52 Å². The average Bonchev–Trinajstić information content (AvgIpc) is 2.75. The number of rotatable bonds is 4. The molecule has 0 aromatic carbocycles. The summed E-state index contributed by atoms with van der Waals surface area (Å²) < 4.78 is 4.96. The first-order valence-electron chi connectivity index (χ1n) is 6.06. The van der Waals surface area contributed by atoms with Gasteiger partial charge in [-0.15, -0.1) is 0 Å². The smallest absolute Gasteiger partial charge is 0.227 e. The lowest BCUT2D eigenvalue weighted by Gasteiger charge is -2.18. The Kier molecular flexibility index (Phi) is 3.28. The molecule has 0 bridgehead atoms. The molecule has 1 aromatic heterocycles. The lowest BCUT2D eigenvalue weighted by atomic mass is 9.91. The Morgan fingerprint density at radius 3 is 2.88 bits per heavy atom. The van der Waals surface area contributed by atoms with Crippen LogP contribution in [0.1, 0.15) is 39.5 Å². The topological polar surface area (TPSA) is 51.0 Å². The lowest BCUT2D eigenvalue weighted by Crippen LogP contribution is -2.33. The van der Waals surface area contributed by atoms with Crippen LogP contribution in [0.5, 0.6) is 0 Å². The summed E-state index contributed by atoms with van der Waals surface area (Å²) >= 11 is 0. The molecule has 1 aliphatic rings. The molecule has 2 atom stereocenters. The third-order valence-corrected chi connectivity index (χ3v) is 3.49. The van der Waals surface area contributed by atoms with Gasteiger partial charge in [-0.25, -0.2) is 0 Å². The van der Waals surface area contributed by atoms with E-state index >= 15 is 0 Å². The minimum atomic E-state index is 0.488. The van der Waals surface area contributed by atoms with Crippen LogP contribution in [0.25, 0.3) is 0 Å². The van der Waals surface area contributed by atoms with E-state index in [1.165, 1.54) is 19.2 Å². The van der Waals surface area contributed by atoms with Gasteiger partial charge in [0.05, 0.1) is 0 Å². The first-order valence-corrected chi connectivity index (χ1v) is 6.06.